The summed E-state index contributed by atoms with van der Waals surface area (Å²) in [5, 5.41) is 4.28. The van der Waals surface area contributed by atoms with Crippen LogP contribution in [0.1, 0.15) is 49.4 Å². The highest BCUT2D eigenvalue weighted by atomic mass is 16.5. The number of hydrogen-bond acceptors (Lipinski definition) is 7. The molecule has 11 nitrogen and oxygen atoms in total. The van der Waals surface area contributed by atoms with Gasteiger partial charge in [-0.1, -0.05) is 12.1 Å². The molecule has 0 N–H and O–H groups in total. The van der Waals surface area contributed by atoms with Crippen molar-refractivity contribution >= 4 is 11.8 Å². The number of carbonyl (C=O) groups excluding carboxylic acids is 2. The predicted octanol–water partition coefficient (Wildman–Crippen LogP) is 3.50. The number of imidazole rings is 1. The summed E-state index contributed by atoms with van der Waals surface area (Å²) in [7, 11) is 0. The number of aryl methyl sites for hydroxylation is 1. The van der Waals surface area contributed by atoms with E-state index in [4.69, 9.17) is 14.2 Å². The second-order valence-corrected chi connectivity index (χ2v) is 10.8. The summed E-state index contributed by atoms with van der Waals surface area (Å²) < 4.78 is 21.3. The molecule has 1 fully saturated rings. The zero-order chi connectivity index (χ0) is 29.1. The average Bonchev–Trinajstić information content (AvgIpc) is 3.79. The molecular formula is C31H42N6O5. The van der Waals surface area contributed by atoms with Gasteiger partial charge < -0.3 is 28.6 Å². The van der Waals surface area contributed by atoms with Crippen LogP contribution in [0.4, 0.5) is 0 Å². The quantitative estimate of drug-likeness (QED) is 0.441. The molecular weight excluding hydrogens is 536 g/mol. The largest absolute Gasteiger partial charge is 0.494 e. The van der Waals surface area contributed by atoms with E-state index in [-0.39, 0.29) is 24.5 Å². The van der Waals surface area contributed by atoms with Gasteiger partial charge in [0.2, 0.25) is 5.91 Å². The van der Waals surface area contributed by atoms with E-state index in [1.54, 1.807) is 23.3 Å². The molecule has 3 aromatic rings. The molecule has 5 rings (SSSR count). The summed E-state index contributed by atoms with van der Waals surface area (Å²) in [5.74, 6) is 1.52. The molecule has 226 valence electrons. The molecule has 2 aromatic heterocycles. The molecule has 2 amide bonds. The number of aromatic nitrogens is 4. The van der Waals surface area contributed by atoms with Crippen LogP contribution in [0, 0.1) is 0 Å². The fourth-order valence-corrected chi connectivity index (χ4v) is 5.40. The van der Waals surface area contributed by atoms with E-state index in [0.717, 1.165) is 49.4 Å². The monoisotopic (exact) mass is 578 g/mol. The average molecular weight is 579 g/mol. The van der Waals surface area contributed by atoms with Crippen molar-refractivity contribution < 1.29 is 23.8 Å². The van der Waals surface area contributed by atoms with Crippen LogP contribution in [-0.2, 0) is 27.4 Å². The van der Waals surface area contributed by atoms with Gasteiger partial charge in [0, 0.05) is 70.0 Å². The van der Waals surface area contributed by atoms with Crippen LogP contribution in [0.3, 0.4) is 0 Å². The lowest BCUT2D eigenvalue weighted by Gasteiger charge is -2.25. The Bertz CT molecular complexity index is 1300. The zero-order valence-corrected chi connectivity index (χ0v) is 24.5. The Hall–Kier alpha value is -3.70. The zero-order valence-electron chi connectivity index (χ0n) is 24.5. The number of rotatable bonds is 6. The van der Waals surface area contributed by atoms with Crippen molar-refractivity contribution in [2.24, 2.45) is 0 Å². The molecule has 2 bridgehead atoms. The first-order valence-corrected chi connectivity index (χ1v) is 15.1. The minimum absolute atomic E-state index is 0.0298. The van der Waals surface area contributed by atoms with E-state index in [9.17, 15) is 9.59 Å². The number of fused-ring (bicyclic) bond motifs is 4. The fraction of sp³-hybridized carbons (Fsp3) is 0.548. The maximum absolute atomic E-state index is 13.4. The van der Waals surface area contributed by atoms with Gasteiger partial charge >= 0.3 is 0 Å². The molecule has 1 unspecified atom stereocenters. The fourth-order valence-electron chi connectivity index (χ4n) is 5.40. The highest BCUT2D eigenvalue weighted by molar-refractivity contribution is 5.93. The lowest BCUT2D eigenvalue weighted by atomic mass is 10.2. The SMILES string of the molecule is CCn1cc(C(=O)N2CCCCN(C(=O)COCC3CCCO3)CCn3ccnc3-c3cccc(c3)OCCC2)cn1. The summed E-state index contributed by atoms with van der Waals surface area (Å²) in [4.78, 5) is 35.0. The Morgan fingerprint density at radius 2 is 1.88 bits per heavy atom. The third kappa shape index (κ3) is 7.98. The van der Waals surface area contributed by atoms with Crippen molar-refractivity contribution in [3.8, 4) is 17.1 Å². The first kappa shape index (κ1) is 29.8. The van der Waals surface area contributed by atoms with Gasteiger partial charge in [-0.2, -0.15) is 5.10 Å². The number of nitrogens with zero attached hydrogens (tertiary/aromatic N) is 6. The predicted molar refractivity (Wildman–Crippen MR) is 157 cm³/mol. The molecule has 0 spiro atoms. The number of ether oxygens (including phenoxy) is 3. The Kier molecular flexibility index (Phi) is 10.6. The molecule has 42 heavy (non-hydrogen) atoms. The first-order valence-electron chi connectivity index (χ1n) is 15.1. The topological polar surface area (TPSA) is 104 Å². The van der Waals surface area contributed by atoms with Gasteiger partial charge in [-0.25, -0.2) is 4.98 Å². The van der Waals surface area contributed by atoms with E-state index in [0.29, 0.717) is 64.5 Å². The van der Waals surface area contributed by atoms with E-state index in [1.165, 1.54) is 0 Å². The van der Waals surface area contributed by atoms with Crippen LogP contribution in [0.25, 0.3) is 11.4 Å². The van der Waals surface area contributed by atoms with Gasteiger partial charge in [-0.15, -0.1) is 0 Å². The van der Waals surface area contributed by atoms with Crippen LogP contribution in [0.5, 0.6) is 5.75 Å². The minimum Gasteiger partial charge on any atom is -0.494 e. The Balaban J connectivity index is 1.29. The highest BCUT2D eigenvalue weighted by Gasteiger charge is 2.21. The van der Waals surface area contributed by atoms with Gasteiger partial charge in [-0.3, -0.25) is 14.3 Å². The summed E-state index contributed by atoms with van der Waals surface area (Å²) in [5.41, 5.74) is 1.54. The molecule has 0 radical (unpaired) electrons. The van der Waals surface area contributed by atoms with E-state index in [2.05, 4.69) is 14.6 Å². The number of hydrogen-bond donors (Lipinski definition) is 0. The molecule has 2 aliphatic heterocycles. The van der Waals surface area contributed by atoms with Gasteiger partial charge in [0.25, 0.3) is 5.91 Å². The van der Waals surface area contributed by atoms with Gasteiger partial charge in [-0.05, 0) is 51.2 Å². The second-order valence-electron chi connectivity index (χ2n) is 10.8. The molecule has 4 heterocycles. The van der Waals surface area contributed by atoms with Crippen molar-refractivity contribution in [1.29, 1.82) is 0 Å². The number of carbonyl (C=O) groups is 2. The third-order valence-electron chi connectivity index (χ3n) is 7.76. The van der Waals surface area contributed by atoms with Crippen LogP contribution in [0.2, 0.25) is 0 Å². The molecule has 0 saturated carbocycles. The summed E-state index contributed by atoms with van der Waals surface area (Å²) in [6, 6.07) is 7.89. The maximum atomic E-state index is 13.4. The highest BCUT2D eigenvalue weighted by Crippen LogP contribution is 2.23. The number of benzene rings is 1. The second kappa shape index (κ2) is 15.0. The molecule has 1 saturated heterocycles. The van der Waals surface area contributed by atoms with E-state index >= 15 is 0 Å². The van der Waals surface area contributed by atoms with Crippen LogP contribution in [0.15, 0.2) is 49.1 Å². The molecule has 2 aliphatic rings. The lowest BCUT2D eigenvalue weighted by molar-refractivity contribution is -0.137. The molecule has 1 atom stereocenters. The van der Waals surface area contributed by atoms with Crippen molar-refractivity contribution in [2.45, 2.75) is 58.2 Å². The summed E-state index contributed by atoms with van der Waals surface area (Å²) >= 11 is 0. The van der Waals surface area contributed by atoms with Crippen molar-refractivity contribution in [3.05, 3.63) is 54.6 Å². The summed E-state index contributed by atoms with van der Waals surface area (Å²) in [6.45, 7) is 7.30. The molecule has 1 aromatic carbocycles. The van der Waals surface area contributed by atoms with E-state index in [1.807, 2.05) is 47.2 Å². The molecule has 11 heteroatoms. The third-order valence-corrected chi connectivity index (χ3v) is 7.76. The standard InChI is InChI=1S/C31H42N6O5/c1-2-37-22-26(21-33-37)31(39)36-13-4-3-12-34(29(38)24-40-23-28-10-6-18-42-28)16-17-35-15-11-32-30(35)25-8-5-9-27(20-25)41-19-7-14-36/h5,8-9,11,15,20-22,28H,2-4,6-7,10,12-14,16-19,23-24H2,1H3. The smallest absolute Gasteiger partial charge is 0.257 e. The van der Waals surface area contributed by atoms with Gasteiger partial charge in [0.05, 0.1) is 31.1 Å². The van der Waals surface area contributed by atoms with E-state index < -0.39 is 0 Å². The lowest BCUT2D eigenvalue weighted by Crippen LogP contribution is -2.38. The number of amides is 2. The molecule has 0 aliphatic carbocycles. The van der Waals surface area contributed by atoms with Crippen LogP contribution in [-0.4, -0.2) is 99.7 Å². The minimum atomic E-state index is -0.0390. The maximum Gasteiger partial charge on any atom is 0.257 e. The van der Waals surface area contributed by atoms with Crippen LogP contribution >= 0.6 is 0 Å². The van der Waals surface area contributed by atoms with Gasteiger partial charge in [0.1, 0.15) is 18.2 Å². The Morgan fingerprint density at radius 1 is 1.02 bits per heavy atom. The first-order chi connectivity index (χ1) is 20.6. The Labute approximate surface area is 247 Å². The Morgan fingerprint density at radius 3 is 2.69 bits per heavy atom. The normalized spacial score (nSPS) is 18.7. The van der Waals surface area contributed by atoms with Gasteiger partial charge in [0.15, 0.2) is 0 Å². The summed E-state index contributed by atoms with van der Waals surface area (Å²) in [6.07, 6.45) is 11.5. The van der Waals surface area contributed by atoms with Crippen LogP contribution < -0.4 is 4.74 Å². The van der Waals surface area contributed by atoms with Crippen molar-refractivity contribution in [1.82, 2.24) is 29.1 Å². The van der Waals surface area contributed by atoms with Crippen molar-refractivity contribution in [2.75, 3.05) is 52.6 Å². The van der Waals surface area contributed by atoms with Crippen molar-refractivity contribution in [3.63, 3.8) is 0 Å².